The first-order valence-electron chi connectivity index (χ1n) is 9.38. The molecule has 0 N–H and O–H groups in total. The number of carbonyl (C=O) groups excluding carboxylic acids is 1. The summed E-state index contributed by atoms with van der Waals surface area (Å²) in [6.07, 6.45) is 4.68. The molecule has 0 aliphatic carbocycles. The molecule has 5 nitrogen and oxygen atoms in total. The lowest BCUT2D eigenvalue weighted by molar-refractivity contribution is 0.0766. The second-order valence-electron chi connectivity index (χ2n) is 6.71. The molecule has 0 unspecified atom stereocenters. The van der Waals surface area contributed by atoms with Gasteiger partial charge >= 0.3 is 0 Å². The molecule has 1 saturated heterocycles. The highest BCUT2D eigenvalue weighted by molar-refractivity contribution is 7.20. The summed E-state index contributed by atoms with van der Waals surface area (Å²) in [6.45, 7) is 11.8. The van der Waals surface area contributed by atoms with Gasteiger partial charge in [0, 0.05) is 26.2 Å². The van der Waals surface area contributed by atoms with Crippen LogP contribution < -0.4 is 4.90 Å². The van der Waals surface area contributed by atoms with Crippen LogP contribution >= 0.6 is 11.3 Å². The van der Waals surface area contributed by atoms with Gasteiger partial charge in [-0.3, -0.25) is 4.79 Å². The van der Waals surface area contributed by atoms with E-state index >= 15 is 0 Å². The number of aromatic nitrogens is 2. The molecule has 1 fully saturated rings. The fraction of sp³-hybridized carbons (Fsp3) is 0.632. The second kappa shape index (κ2) is 7.68. The standard InChI is InChI=1S/C19H28N4OS/c1-5-22(6-2)17-15-13(3)16(25-18(15)21-14(4)20-17)19(24)23-11-9-7-8-10-12-23/h5-12H2,1-4H3. The SMILES string of the molecule is CCN(CC)c1nc(C)nc2sc(C(=O)N3CCCCCC3)c(C)c12. The third kappa shape index (κ3) is 3.50. The number of rotatable bonds is 4. The Morgan fingerprint density at radius 3 is 2.32 bits per heavy atom. The van der Waals surface area contributed by atoms with Gasteiger partial charge in [0.25, 0.3) is 5.91 Å². The van der Waals surface area contributed by atoms with Gasteiger partial charge < -0.3 is 9.80 Å². The Morgan fingerprint density at radius 1 is 1.08 bits per heavy atom. The Labute approximate surface area is 154 Å². The first kappa shape index (κ1) is 18.1. The number of thiophene rings is 1. The van der Waals surface area contributed by atoms with E-state index in [1.165, 1.54) is 24.2 Å². The smallest absolute Gasteiger partial charge is 0.264 e. The van der Waals surface area contributed by atoms with Crippen molar-refractivity contribution in [3.8, 4) is 0 Å². The lowest BCUT2D eigenvalue weighted by atomic mass is 10.1. The fourth-order valence-electron chi connectivity index (χ4n) is 3.59. The van der Waals surface area contributed by atoms with Gasteiger partial charge in [0.05, 0.1) is 10.3 Å². The van der Waals surface area contributed by atoms with Crippen molar-refractivity contribution in [2.24, 2.45) is 0 Å². The number of hydrogen-bond donors (Lipinski definition) is 0. The zero-order chi connectivity index (χ0) is 18.0. The molecule has 0 radical (unpaired) electrons. The van der Waals surface area contributed by atoms with Crippen molar-refractivity contribution in [1.29, 1.82) is 0 Å². The molecule has 0 bridgehead atoms. The Morgan fingerprint density at radius 2 is 1.72 bits per heavy atom. The van der Waals surface area contributed by atoms with Crippen LogP contribution in [0.25, 0.3) is 10.2 Å². The van der Waals surface area contributed by atoms with Crippen LogP contribution in [0.15, 0.2) is 0 Å². The van der Waals surface area contributed by atoms with Crippen LogP contribution in [0.1, 0.15) is 60.6 Å². The van der Waals surface area contributed by atoms with Crippen LogP contribution in [0.3, 0.4) is 0 Å². The Hall–Kier alpha value is -1.69. The van der Waals surface area contributed by atoms with Crippen molar-refractivity contribution in [3.63, 3.8) is 0 Å². The number of carbonyl (C=O) groups is 1. The van der Waals surface area contributed by atoms with Crippen molar-refractivity contribution in [1.82, 2.24) is 14.9 Å². The molecule has 0 atom stereocenters. The number of aryl methyl sites for hydroxylation is 2. The van der Waals surface area contributed by atoms with E-state index in [1.54, 1.807) is 0 Å². The molecule has 2 aromatic heterocycles. The second-order valence-corrected chi connectivity index (χ2v) is 7.71. The number of likely N-dealkylation sites (tertiary alicyclic amines) is 1. The zero-order valence-electron chi connectivity index (χ0n) is 15.8. The largest absolute Gasteiger partial charge is 0.357 e. The Balaban J connectivity index is 2.07. The van der Waals surface area contributed by atoms with E-state index in [1.807, 2.05) is 11.8 Å². The lowest BCUT2D eigenvalue weighted by Crippen LogP contribution is -2.31. The summed E-state index contributed by atoms with van der Waals surface area (Å²) in [6, 6.07) is 0. The van der Waals surface area contributed by atoms with E-state index in [2.05, 4.69) is 30.7 Å². The minimum atomic E-state index is 0.172. The third-order valence-corrected chi connectivity index (χ3v) is 6.21. The summed E-state index contributed by atoms with van der Waals surface area (Å²) in [5, 5.41) is 1.05. The fourth-order valence-corrected chi connectivity index (χ4v) is 4.78. The van der Waals surface area contributed by atoms with Crippen LogP contribution in [-0.2, 0) is 0 Å². The molecule has 1 aliphatic heterocycles. The van der Waals surface area contributed by atoms with Crippen LogP contribution in [0.5, 0.6) is 0 Å². The average Bonchev–Trinajstić information content (AvgIpc) is 2.79. The highest BCUT2D eigenvalue weighted by atomic mass is 32.1. The number of amides is 1. The molecule has 2 aromatic rings. The van der Waals surface area contributed by atoms with Crippen molar-refractivity contribution in [2.45, 2.75) is 53.4 Å². The highest BCUT2D eigenvalue weighted by Gasteiger charge is 2.25. The normalized spacial score (nSPS) is 15.4. The van der Waals surface area contributed by atoms with E-state index in [-0.39, 0.29) is 5.91 Å². The predicted octanol–water partition coefficient (Wildman–Crippen LogP) is 4.17. The summed E-state index contributed by atoms with van der Waals surface area (Å²) in [5.41, 5.74) is 1.04. The van der Waals surface area contributed by atoms with Gasteiger partial charge in [-0.15, -0.1) is 11.3 Å². The first-order chi connectivity index (χ1) is 12.1. The molecule has 0 saturated carbocycles. The summed E-state index contributed by atoms with van der Waals surface area (Å²) < 4.78 is 0. The molecular formula is C19H28N4OS. The molecule has 6 heteroatoms. The van der Waals surface area contributed by atoms with Gasteiger partial charge in [0.2, 0.25) is 0 Å². The van der Waals surface area contributed by atoms with E-state index in [4.69, 9.17) is 4.98 Å². The predicted molar refractivity (Wildman–Crippen MR) is 105 cm³/mol. The molecule has 1 amide bonds. The van der Waals surface area contributed by atoms with Gasteiger partial charge in [0.1, 0.15) is 16.5 Å². The van der Waals surface area contributed by atoms with E-state index < -0.39 is 0 Å². The highest BCUT2D eigenvalue weighted by Crippen LogP contribution is 2.36. The molecule has 0 aromatic carbocycles. The Kier molecular flexibility index (Phi) is 5.57. The molecule has 25 heavy (non-hydrogen) atoms. The number of nitrogens with zero attached hydrogens (tertiary/aromatic N) is 4. The molecule has 0 spiro atoms. The summed E-state index contributed by atoms with van der Waals surface area (Å²) in [4.78, 5) is 28.5. The number of fused-ring (bicyclic) bond motifs is 1. The van der Waals surface area contributed by atoms with Gasteiger partial charge in [-0.05, 0) is 46.1 Å². The van der Waals surface area contributed by atoms with Gasteiger partial charge in [-0.2, -0.15) is 0 Å². The van der Waals surface area contributed by atoms with Crippen LogP contribution in [0, 0.1) is 13.8 Å². The number of hydrogen-bond acceptors (Lipinski definition) is 5. The minimum Gasteiger partial charge on any atom is -0.357 e. The third-order valence-electron chi connectivity index (χ3n) is 5.03. The lowest BCUT2D eigenvalue weighted by Gasteiger charge is -2.21. The zero-order valence-corrected chi connectivity index (χ0v) is 16.6. The summed E-state index contributed by atoms with van der Waals surface area (Å²) in [7, 11) is 0. The average molecular weight is 361 g/mol. The quantitative estimate of drug-likeness (QED) is 0.821. The monoisotopic (exact) mass is 360 g/mol. The molecule has 3 heterocycles. The molecule has 3 rings (SSSR count). The van der Waals surface area contributed by atoms with Crippen LogP contribution in [0.4, 0.5) is 5.82 Å². The number of anilines is 1. The van der Waals surface area contributed by atoms with Crippen molar-refractivity contribution >= 4 is 33.3 Å². The summed E-state index contributed by atoms with van der Waals surface area (Å²) in [5.74, 6) is 1.91. The first-order valence-corrected chi connectivity index (χ1v) is 10.2. The molecular weight excluding hydrogens is 332 g/mol. The minimum absolute atomic E-state index is 0.172. The van der Waals surface area contributed by atoms with Crippen LogP contribution in [0.2, 0.25) is 0 Å². The topological polar surface area (TPSA) is 49.3 Å². The maximum atomic E-state index is 13.1. The van der Waals surface area contributed by atoms with Crippen molar-refractivity contribution in [2.75, 3.05) is 31.1 Å². The Bertz CT molecular complexity index is 758. The van der Waals surface area contributed by atoms with Gasteiger partial charge in [0.15, 0.2) is 0 Å². The van der Waals surface area contributed by atoms with E-state index in [0.717, 1.165) is 71.3 Å². The summed E-state index contributed by atoms with van der Waals surface area (Å²) >= 11 is 1.53. The van der Waals surface area contributed by atoms with Gasteiger partial charge in [-0.25, -0.2) is 9.97 Å². The van der Waals surface area contributed by atoms with E-state index in [0.29, 0.717) is 0 Å². The molecule has 136 valence electrons. The maximum Gasteiger partial charge on any atom is 0.264 e. The van der Waals surface area contributed by atoms with Crippen molar-refractivity contribution < 1.29 is 4.79 Å². The van der Waals surface area contributed by atoms with Crippen molar-refractivity contribution in [3.05, 3.63) is 16.3 Å². The van der Waals surface area contributed by atoms with Crippen LogP contribution in [-0.4, -0.2) is 47.0 Å². The molecule has 1 aliphatic rings. The maximum absolute atomic E-state index is 13.1. The van der Waals surface area contributed by atoms with Gasteiger partial charge in [-0.1, -0.05) is 12.8 Å². The van der Waals surface area contributed by atoms with E-state index in [9.17, 15) is 4.79 Å².